The number of nitrogens with two attached hydrogens (primary N) is 2. The number of anilines is 2. The number of fused-ring (bicyclic) bond motifs is 1. The number of carboxylic acids is 1. The molecule has 4 rings (SSSR count). The van der Waals surface area contributed by atoms with Gasteiger partial charge in [0, 0.05) is 16.0 Å². The number of hydrogen-bond acceptors (Lipinski definition) is 14. The van der Waals surface area contributed by atoms with Gasteiger partial charge in [-0.25, -0.2) is 9.78 Å². The number of allylic oxidation sites excluding steroid dienone is 1. The van der Waals surface area contributed by atoms with Gasteiger partial charge in [-0.05, 0) is 11.6 Å². The van der Waals surface area contributed by atoms with Crippen LogP contribution in [0.15, 0.2) is 27.9 Å². The van der Waals surface area contributed by atoms with Crippen molar-refractivity contribution < 1.29 is 24.3 Å². The third kappa shape index (κ3) is 4.46. The summed E-state index contributed by atoms with van der Waals surface area (Å²) in [5.41, 5.74) is 11.4. The molecule has 1 fully saturated rings. The van der Waals surface area contributed by atoms with Crippen molar-refractivity contribution in [3.05, 3.63) is 33.4 Å². The zero-order valence-corrected chi connectivity index (χ0v) is 20.5. The first kappa shape index (κ1) is 24.0. The first-order chi connectivity index (χ1) is 16.2. The summed E-state index contributed by atoms with van der Waals surface area (Å²) in [6.07, 6.45) is 1.52. The zero-order chi connectivity index (χ0) is 24.6. The van der Waals surface area contributed by atoms with Gasteiger partial charge in [-0.3, -0.25) is 14.5 Å². The van der Waals surface area contributed by atoms with E-state index in [1.807, 2.05) is 0 Å². The number of nitrogens with one attached hydrogen (secondary N) is 1. The summed E-state index contributed by atoms with van der Waals surface area (Å²) in [7, 11) is 1.26. The Morgan fingerprint density at radius 1 is 1.38 bits per heavy atom. The zero-order valence-electron chi connectivity index (χ0n) is 17.2. The predicted octanol–water partition coefficient (Wildman–Crippen LogP) is 0.219. The van der Waals surface area contributed by atoms with Gasteiger partial charge in [0.25, 0.3) is 11.8 Å². The Morgan fingerprint density at radius 2 is 2.15 bits per heavy atom. The minimum Gasteiger partial charge on any atom is -0.477 e. The number of nitrogens with zero attached hydrogens (tertiary/aromatic N) is 5. The first-order valence-corrected chi connectivity index (χ1v) is 12.4. The molecule has 2 atom stereocenters. The van der Waals surface area contributed by atoms with E-state index >= 15 is 0 Å². The number of oxime groups is 1. The molecule has 0 bridgehead atoms. The van der Waals surface area contributed by atoms with Gasteiger partial charge in [0.1, 0.15) is 29.9 Å². The number of thiol groups is 1. The van der Waals surface area contributed by atoms with Crippen LogP contribution in [0.1, 0.15) is 10.7 Å². The Kier molecular flexibility index (Phi) is 6.78. The molecule has 1 saturated heterocycles. The van der Waals surface area contributed by atoms with E-state index in [1.165, 1.54) is 30.3 Å². The molecule has 0 radical (unpaired) electrons. The number of aromatic nitrogens is 3. The van der Waals surface area contributed by atoms with Gasteiger partial charge in [-0.2, -0.15) is 0 Å². The Labute approximate surface area is 209 Å². The number of thioether (sulfide) groups is 1. The lowest BCUT2D eigenvalue weighted by Crippen LogP contribution is -2.71. The molecule has 2 amide bonds. The highest BCUT2D eigenvalue weighted by Gasteiger charge is 2.54. The lowest BCUT2D eigenvalue weighted by atomic mass is 10.0. The minimum atomic E-state index is -1.29. The number of rotatable bonds is 7. The fraction of sp³-hybridized carbons (Fsp3) is 0.235. The fourth-order valence-corrected chi connectivity index (χ4v) is 5.94. The summed E-state index contributed by atoms with van der Waals surface area (Å²) in [4.78, 5) is 48.0. The lowest BCUT2D eigenvalue weighted by molar-refractivity contribution is -0.150. The van der Waals surface area contributed by atoms with E-state index in [2.05, 4.69) is 38.3 Å². The van der Waals surface area contributed by atoms with Crippen LogP contribution in [-0.4, -0.2) is 73.0 Å². The van der Waals surface area contributed by atoms with Gasteiger partial charge in [0.15, 0.2) is 15.9 Å². The van der Waals surface area contributed by atoms with E-state index in [4.69, 9.17) is 16.3 Å². The van der Waals surface area contributed by atoms with Crippen LogP contribution in [-0.2, 0) is 19.2 Å². The number of hydrogen-bond donors (Lipinski definition) is 5. The van der Waals surface area contributed by atoms with Gasteiger partial charge in [-0.15, -0.1) is 45.9 Å². The Morgan fingerprint density at radius 3 is 2.74 bits per heavy atom. The van der Waals surface area contributed by atoms with Gasteiger partial charge in [0.2, 0.25) is 5.13 Å². The number of thiazole rings is 1. The number of nitrogen functional groups attached to an aromatic ring is 2. The normalized spacial score (nSPS) is 20.6. The highest BCUT2D eigenvalue weighted by molar-refractivity contribution is 8.00. The molecule has 4 heterocycles. The molecule has 0 aromatic carbocycles. The first-order valence-electron chi connectivity index (χ1n) is 9.25. The fourth-order valence-electron chi connectivity index (χ4n) is 3.22. The molecular formula is C17H16N8O5S4. The second-order valence-corrected chi connectivity index (χ2v) is 10.2. The smallest absolute Gasteiger partial charge is 0.352 e. The van der Waals surface area contributed by atoms with Crippen LogP contribution in [0.5, 0.6) is 0 Å². The van der Waals surface area contributed by atoms with Gasteiger partial charge < -0.3 is 26.7 Å². The second-order valence-electron chi connectivity index (χ2n) is 6.71. The molecule has 2 aromatic rings. The standard InChI is InChI=1S/C17H16N8O5S4/c1-30-24-8(6-4-33-16(18)20-6)11(26)21-9-13(27)25-10(15(28)29)5(3-32-14(9)25)2-7(31)12-22-23-17(19)34-12/h2,4,9,14,31H,3H2,1H3,(H2,18,20)(H2,19,23)(H,21,26)(H,28,29). The van der Waals surface area contributed by atoms with E-state index in [9.17, 15) is 19.5 Å². The molecule has 2 aliphatic rings. The quantitative estimate of drug-likeness (QED) is 0.139. The molecule has 6 N–H and O–H groups in total. The van der Waals surface area contributed by atoms with Crippen LogP contribution in [0.2, 0.25) is 0 Å². The average molecular weight is 541 g/mol. The highest BCUT2D eigenvalue weighted by Crippen LogP contribution is 2.41. The average Bonchev–Trinajstić information content (AvgIpc) is 3.43. The summed E-state index contributed by atoms with van der Waals surface area (Å²) in [5.74, 6) is -2.32. The van der Waals surface area contributed by atoms with Crippen LogP contribution in [0.25, 0.3) is 4.91 Å². The molecule has 2 unspecified atom stereocenters. The predicted molar refractivity (Wildman–Crippen MR) is 131 cm³/mol. The summed E-state index contributed by atoms with van der Waals surface area (Å²) in [6, 6.07) is -0.964. The molecule has 2 aliphatic heterocycles. The van der Waals surface area contributed by atoms with Crippen molar-refractivity contribution in [2.24, 2.45) is 5.16 Å². The molecule has 0 saturated carbocycles. The van der Waals surface area contributed by atoms with Crippen molar-refractivity contribution in [1.29, 1.82) is 0 Å². The Balaban J connectivity index is 1.56. The third-order valence-corrected chi connectivity index (χ3v) is 7.87. The summed E-state index contributed by atoms with van der Waals surface area (Å²) in [5, 5.41) is 25.5. The molecule has 0 aliphatic carbocycles. The lowest BCUT2D eigenvalue weighted by Gasteiger charge is -2.49. The van der Waals surface area contributed by atoms with Crippen molar-refractivity contribution in [1.82, 2.24) is 25.4 Å². The van der Waals surface area contributed by atoms with Crippen molar-refractivity contribution in [2.75, 3.05) is 24.3 Å². The summed E-state index contributed by atoms with van der Waals surface area (Å²) >= 11 is 7.87. The number of aliphatic carboxylic acids is 1. The molecule has 2 aromatic heterocycles. The molecule has 34 heavy (non-hydrogen) atoms. The van der Waals surface area contributed by atoms with Crippen molar-refractivity contribution in [2.45, 2.75) is 11.4 Å². The largest absolute Gasteiger partial charge is 0.477 e. The van der Waals surface area contributed by atoms with E-state index in [-0.39, 0.29) is 33.1 Å². The minimum absolute atomic E-state index is 0.156. The maximum Gasteiger partial charge on any atom is 0.352 e. The van der Waals surface area contributed by atoms with Crippen molar-refractivity contribution in [3.63, 3.8) is 0 Å². The summed E-state index contributed by atoms with van der Waals surface area (Å²) < 4.78 is 0. The van der Waals surface area contributed by atoms with Crippen LogP contribution < -0.4 is 16.8 Å². The number of carbonyl (C=O) groups is 3. The maximum absolute atomic E-state index is 12.9. The van der Waals surface area contributed by atoms with Crippen molar-refractivity contribution >= 4 is 85.7 Å². The molecule has 0 spiro atoms. The Bertz CT molecular complexity index is 1270. The highest BCUT2D eigenvalue weighted by atomic mass is 32.2. The van der Waals surface area contributed by atoms with Crippen LogP contribution >= 0.6 is 47.1 Å². The van der Waals surface area contributed by atoms with Crippen LogP contribution in [0.4, 0.5) is 10.3 Å². The van der Waals surface area contributed by atoms with Gasteiger partial charge >= 0.3 is 5.97 Å². The maximum atomic E-state index is 12.9. The molecule has 17 heteroatoms. The van der Waals surface area contributed by atoms with E-state index in [1.54, 1.807) is 0 Å². The van der Waals surface area contributed by atoms with Crippen LogP contribution in [0.3, 0.4) is 0 Å². The van der Waals surface area contributed by atoms with E-state index in [0.29, 0.717) is 15.5 Å². The monoisotopic (exact) mass is 540 g/mol. The van der Waals surface area contributed by atoms with Gasteiger partial charge in [0.05, 0.1) is 0 Å². The number of β-lactam (4-membered cyclic amide) rings is 1. The molecular weight excluding hydrogens is 525 g/mol. The number of amides is 2. The molecule has 178 valence electrons. The van der Waals surface area contributed by atoms with E-state index in [0.717, 1.165) is 27.6 Å². The third-order valence-electron chi connectivity index (χ3n) is 4.62. The summed E-state index contributed by atoms with van der Waals surface area (Å²) in [6.45, 7) is 0. The molecule has 13 nitrogen and oxygen atoms in total. The van der Waals surface area contributed by atoms with Crippen molar-refractivity contribution in [3.8, 4) is 0 Å². The second kappa shape index (κ2) is 9.61. The topological polar surface area (TPSA) is 199 Å². The Hall–Kier alpha value is -3.15. The number of carbonyl (C=O) groups excluding carboxylic acids is 2. The van der Waals surface area contributed by atoms with Gasteiger partial charge in [-0.1, -0.05) is 16.5 Å². The SMILES string of the molecule is CON=C(C(=O)NC1C(=O)N2C(C(=O)O)=C(C=C(S)c3nnc(N)s3)CSC12)c1csc(N)n1. The van der Waals surface area contributed by atoms with Crippen LogP contribution in [0, 0.1) is 0 Å². The van der Waals surface area contributed by atoms with E-state index < -0.39 is 29.2 Å². The number of carboxylic acid groups (broad SMARTS) is 1.